The third-order valence-corrected chi connectivity index (χ3v) is 10.9. The quantitative estimate of drug-likeness (QED) is 0.163. The van der Waals surface area contributed by atoms with E-state index in [1.807, 2.05) is 60.7 Å². The topological polar surface area (TPSA) is 71.7 Å². The molecule has 1 aliphatic heterocycles. The van der Waals surface area contributed by atoms with Gasteiger partial charge in [-0.15, -0.1) is 0 Å². The van der Waals surface area contributed by atoms with Gasteiger partial charge in [0.2, 0.25) is 0 Å². The zero-order chi connectivity index (χ0) is 38.9. The van der Waals surface area contributed by atoms with E-state index in [4.69, 9.17) is 19.7 Å². The third kappa shape index (κ3) is 6.01. The van der Waals surface area contributed by atoms with Crippen LogP contribution >= 0.6 is 0 Å². The summed E-state index contributed by atoms with van der Waals surface area (Å²) >= 11 is 0. The summed E-state index contributed by atoms with van der Waals surface area (Å²) in [6.45, 7) is 0. The third-order valence-electron chi connectivity index (χ3n) is 10.9. The van der Waals surface area contributed by atoms with Crippen LogP contribution in [0.3, 0.4) is 0 Å². The molecule has 5 heteroatoms. The zero-order valence-electron chi connectivity index (χ0n) is 31.3. The normalized spacial score (nSPS) is 12.4. The lowest BCUT2D eigenvalue weighted by atomic mass is 9.63. The summed E-state index contributed by atoms with van der Waals surface area (Å²) in [5, 5.41) is 9.48. The molecule has 0 fully saturated rings. The fraction of sp³-hybridized carbons (Fsp3) is 0.0189. The molecule has 0 saturated heterocycles. The SMILES string of the molecule is N#Cc1ccc(-c2nc(-c3cccc(-c4ccc5c(c4)Oc4ccccc4C5(c4ccccc4)c4ccccc4)c3)nc(-c3ccccc3-c3ccccc3)n2)cc1. The number of hydrogen-bond acceptors (Lipinski definition) is 5. The van der Waals surface area contributed by atoms with Gasteiger partial charge < -0.3 is 4.74 Å². The first kappa shape index (κ1) is 34.5. The van der Waals surface area contributed by atoms with Crippen molar-refractivity contribution in [2.75, 3.05) is 0 Å². The van der Waals surface area contributed by atoms with Gasteiger partial charge in [-0.25, -0.2) is 15.0 Å². The zero-order valence-corrected chi connectivity index (χ0v) is 31.3. The van der Waals surface area contributed by atoms with E-state index < -0.39 is 5.41 Å². The molecule has 1 aliphatic rings. The molecule has 0 aliphatic carbocycles. The Bertz CT molecular complexity index is 2940. The molecule has 0 spiro atoms. The predicted molar refractivity (Wildman–Crippen MR) is 230 cm³/mol. The molecule has 0 unspecified atom stereocenters. The molecule has 10 rings (SSSR count). The van der Waals surface area contributed by atoms with E-state index in [2.05, 4.69) is 140 Å². The van der Waals surface area contributed by atoms with Crippen LogP contribution < -0.4 is 4.74 Å². The second-order valence-electron chi connectivity index (χ2n) is 14.3. The Labute approximate surface area is 337 Å². The Kier molecular flexibility index (Phi) is 8.70. The summed E-state index contributed by atoms with van der Waals surface area (Å²) in [6.07, 6.45) is 0. The van der Waals surface area contributed by atoms with Crippen molar-refractivity contribution in [2.45, 2.75) is 5.41 Å². The standard InChI is InChI=1S/C53H34N4O/c54-35-36-27-29-38(30-28-36)50-55-51(57-52(56-50)45-24-11-10-23-44(45)37-15-4-1-5-16-37)41-18-14-17-39(33-41)40-31-32-47-49(34-40)58-48-26-13-12-25-46(48)53(47,42-19-6-2-7-20-42)43-21-8-3-9-22-43/h1-34H. The van der Waals surface area contributed by atoms with E-state index in [0.29, 0.717) is 23.0 Å². The van der Waals surface area contributed by atoms with Gasteiger partial charge in [0.15, 0.2) is 17.5 Å². The van der Waals surface area contributed by atoms with Gasteiger partial charge in [0, 0.05) is 27.8 Å². The second kappa shape index (κ2) is 14.6. The van der Waals surface area contributed by atoms with Crippen LogP contribution in [-0.2, 0) is 5.41 Å². The first-order valence-corrected chi connectivity index (χ1v) is 19.2. The molecule has 272 valence electrons. The lowest BCUT2D eigenvalue weighted by Gasteiger charge is -2.41. The van der Waals surface area contributed by atoms with Crippen molar-refractivity contribution in [3.05, 3.63) is 234 Å². The van der Waals surface area contributed by atoms with Crippen molar-refractivity contribution in [3.8, 4) is 74.0 Å². The maximum absolute atomic E-state index is 9.48. The van der Waals surface area contributed by atoms with E-state index in [1.54, 1.807) is 12.1 Å². The Morgan fingerprint density at radius 1 is 0.379 bits per heavy atom. The number of benzene rings is 8. The predicted octanol–water partition coefficient (Wildman–Crippen LogP) is 12.6. The van der Waals surface area contributed by atoms with E-state index in [1.165, 1.54) is 11.1 Å². The summed E-state index contributed by atoms with van der Waals surface area (Å²) in [7, 11) is 0. The maximum atomic E-state index is 9.48. The minimum absolute atomic E-state index is 0.525. The first-order valence-electron chi connectivity index (χ1n) is 19.2. The van der Waals surface area contributed by atoms with Crippen LogP contribution in [0.1, 0.15) is 27.8 Å². The minimum atomic E-state index is -0.591. The van der Waals surface area contributed by atoms with E-state index in [9.17, 15) is 5.26 Å². The molecule has 2 heterocycles. The number of nitriles is 1. The highest BCUT2D eigenvalue weighted by molar-refractivity contribution is 5.82. The molecule has 5 nitrogen and oxygen atoms in total. The lowest BCUT2D eigenvalue weighted by Crippen LogP contribution is -2.34. The van der Waals surface area contributed by atoms with Crippen LogP contribution in [0.25, 0.3) is 56.4 Å². The van der Waals surface area contributed by atoms with Gasteiger partial charge >= 0.3 is 0 Å². The fourth-order valence-corrected chi connectivity index (χ4v) is 8.22. The monoisotopic (exact) mass is 742 g/mol. The molecule has 0 N–H and O–H groups in total. The van der Waals surface area contributed by atoms with Gasteiger partial charge in [0.1, 0.15) is 11.5 Å². The number of para-hydroxylation sites is 1. The van der Waals surface area contributed by atoms with E-state index >= 15 is 0 Å². The summed E-state index contributed by atoms with van der Waals surface area (Å²) < 4.78 is 6.79. The lowest BCUT2D eigenvalue weighted by molar-refractivity contribution is 0.435. The van der Waals surface area contributed by atoms with Crippen LogP contribution in [0.5, 0.6) is 11.5 Å². The number of nitrogens with zero attached hydrogens (tertiary/aromatic N) is 4. The maximum Gasteiger partial charge on any atom is 0.164 e. The molecule has 0 amide bonds. The Morgan fingerprint density at radius 2 is 0.897 bits per heavy atom. The van der Waals surface area contributed by atoms with E-state index in [-0.39, 0.29) is 0 Å². The van der Waals surface area contributed by atoms with Crippen molar-refractivity contribution >= 4 is 0 Å². The number of ether oxygens (including phenoxy) is 1. The Morgan fingerprint density at radius 3 is 1.60 bits per heavy atom. The average Bonchev–Trinajstić information content (AvgIpc) is 3.31. The Hall–Kier alpha value is -7.94. The van der Waals surface area contributed by atoms with Crippen LogP contribution in [-0.4, -0.2) is 15.0 Å². The van der Waals surface area contributed by atoms with Crippen LogP contribution in [0.4, 0.5) is 0 Å². The van der Waals surface area contributed by atoms with Gasteiger partial charge in [-0.2, -0.15) is 5.26 Å². The van der Waals surface area contributed by atoms with Crippen LogP contribution in [0.15, 0.2) is 206 Å². The molecular formula is C53H34N4O. The van der Waals surface area contributed by atoms with Gasteiger partial charge in [-0.3, -0.25) is 0 Å². The largest absolute Gasteiger partial charge is 0.457 e. The highest BCUT2D eigenvalue weighted by Crippen LogP contribution is 2.55. The van der Waals surface area contributed by atoms with Crippen molar-refractivity contribution in [1.82, 2.24) is 15.0 Å². The highest BCUT2D eigenvalue weighted by Gasteiger charge is 2.45. The average molecular weight is 743 g/mol. The summed E-state index contributed by atoms with van der Waals surface area (Å²) in [5.41, 5.74) is 11.2. The van der Waals surface area contributed by atoms with Gasteiger partial charge in [0.05, 0.1) is 17.0 Å². The highest BCUT2D eigenvalue weighted by atomic mass is 16.5. The second-order valence-corrected chi connectivity index (χ2v) is 14.3. The molecular weight excluding hydrogens is 709 g/mol. The summed E-state index contributed by atoms with van der Waals surface area (Å²) in [4.78, 5) is 15.2. The van der Waals surface area contributed by atoms with Crippen LogP contribution in [0, 0.1) is 11.3 Å². The molecule has 0 saturated carbocycles. The van der Waals surface area contributed by atoms with Crippen molar-refractivity contribution in [1.29, 1.82) is 5.26 Å². The minimum Gasteiger partial charge on any atom is -0.457 e. The van der Waals surface area contributed by atoms with Crippen molar-refractivity contribution in [3.63, 3.8) is 0 Å². The summed E-state index contributed by atoms with van der Waals surface area (Å²) in [6, 6.07) is 72.7. The van der Waals surface area contributed by atoms with Crippen molar-refractivity contribution in [2.24, 2.45) is 0 Å². The fourth-order valence-electron chi connectivity index (χ4n) is 8.22. The number of fused-ring (bicyclic) bond motifs is 2. The molecule has 58 heavy (non-hydrogen) atoms. The molecule has 1 aromatic heterocycles. The van der Waals surface area contributed by atoms with Gasteiger partial charge in [0.25, 0.3) is 0 Å². The Balaban J connectivity index is 1.12. The molecule has 0 atom stereocenters. The number of hydrogen-bond donors (Lipinski definition) is 0. The summed E-state index contributed by atoms with van der Waals surface area (Å²) in [5.74, 6) is 3.27. The van der Waals surface area contributed by atoms with Gasteiger partial charge in [-0.1, -0.05) is 164 Å². The molecule has 9 aromatic rings. The number of aromatic nitrogens is 3. The molecule has 8 aromatic carbocycles. The first-order chi connectivity index (χ1) is 28.7. The molecule has 0 bridgehead atoms. The van der Waals surface area contributed by atoms with E-state index in [0.717, 1.165) is 61.6 Å². The molecule has 0 radical (unpaired) electrons. The van der Waals surface area contributed by atoms with Crippen molar-refractivity contribution < 1.29 is 4.74 Å². The van der Waals surface area contributed by atoms with Crippen LogP contribution in [0.2, 0.25) is 0 Å². The number of rotatable bonds is 7. The smallest absolute Gasteiger partial charge is 0.164 e. The van der Waals surface area contributed by atoms with Gasteiger partial charge in [-0.05, 0) is 75.8 Å².